The van der Waals surface area contributed by atoms with Crippen molar-refractivity contribution in [2.75, 3.05) is 27.4 Å². The molecule has 0 bridgehead atoms. The summed E-state index contributed by atoms with van der Waals surface area (Å²) in [4.78, 5) is 36.9. The number of benzene rings is 2. The molecular weight excluding hydrogens is 338 g/mol. The van der Waals surface area contributed by atoms with Crippen molar-refractivity contribution in [1.82, 2.24) is 4.90 Å². The monoisotopic (exact) mass is 355 g/mol. The quantitative estimate of drug-likeness (QED) is 0.449. The number of imide groups is 1. The Morgan fingerprint density at radius 1 is 0.923 bits per heavy atom. The van der Waals surface area contributed by atoms with Crippen molar-refractivity contribution in [2.24, 2.45) is 0 Å². The van der Waals surface area contributed by atoms with E-state index in [4.69, 9.17) is 14.2 Å². The van der Waals surface area contributed by atoms with Crippen LogP contribution in [-0.2, 0) is 4.74 Å². The minimum Gasteiger partial charge on any atom is -0.497 e. The summed E-state index contributed by atoms with van der Waals surface area (Å²) in [6, 6.07) is 11.3. The van der Waals surface area contributed by atoms with Crippen molar-refractivity contribution in [3.63, 3.8) is 0 Å². The SMILES string of the molecule is COc1ccc(OCCOC(=O)c2ccc3c(c2)C(=O)N(C)C3=O)cc1. The van der Waals surface area contributed by atoms with Crippen molar-refractivity contribution in [3.05, 3.63) is 59.2 Å². The van der Waals surface area contributed by atoms with Gasteiger partial charge in [0.2, 0.25) is 0 Å². The van der Waals surface area contributed by atoms with Crippen molar-refractivity contribution in [1.29, 1.82) is 0 Å². The topological polar surface area (TPSA) is 82.1 Å². The summed E-state index contributed by atoms with van der Waals surface area (Å²) in [5, 5.41) is 0. The van der Waals surface area contributed by atoms with Crippen molar-refractivity contribution >= 4 is 17.8 Å². The Kier molecular flexibility index (Phi) is 4.88. The molecule has 2 aromatic rings. The third-order valence-corrected chi connectivity index (χ3v) is 3.97. The highest BCUT2D eigenvalue weighted by atomic mass is 16.6. The van der Waals surface area contributed by atoms with Crippen molar-refractivity contribution in [2.45, 2.75) is 0 Å². The standard InChI is InChI=1S/C19H17NO6/c1-20-17(21)15-8-3-12(11-16(15)18(20)22)19(23)26-10-9-25-14-6-4-13(24-2)5-7-14/h3-8,11H,9-10H2,1-2H3. The van der Waals surface area contributed by atoms with Crippen LogP contribution in [0.4, 0.5) is 0 Å². The fourth-order valence-corrected chi connectivity index (χ4v) is 2.54. The van der Waals surface area contributed by atoms with Gasteiger partial charge in [0.15, 0.2) is 0 Å². The van der Waals surface area contributed by atoms with Crippen LogP contribution in [0.5, 0.6) is 11.5 Å². The molecule has 0 saturated heterocycles. The van der Waals surface area contributed by atoms with E-state index in [1.54, 1.807) is 31.4 Å². The summed E-state index contributed by atoms with van der Waals surface area (Å²) in [6.07, 6.45) is 0. The molecule has 0 unspecified atom stereocenters. The Balaban J connectivity index is 1.54. The van der Waals surface area contributed by atoms with E-state index in [9.17, 15) is 14.4 Å². The predicted octanol–water partition coefficient (Wildman–Crippen LogP) is 2.16. The third-order valence-electron chi connectivity index (χ3n) is 3.97. The third kappa shape index (κ3) is 3.37. The maximum Gasteiger partial charge on any atom is 0.338 e. The number of carbonyl (C=O) groups excluding carboxylic acids is 3. The number of methoxy groups -OCH3 is 1. The number of nitrogens with zero attached hydrogens (tertiary/aromatic N) is 1. The number of ether oxygens (including phenoxy) is 3. The molecule has 2 aromatic carbocycles. The maximum absolute atomic E-state index is 12.1. The van der Waals surface area contributed by atoms with E-state index < -0.39 is 11.9 Å². The molecule has 3 rings (SSSR count). The summed E-state index contributed by atoms with van der Waals surface area (Å²) < 4.78 is 15.7. The molecule has 26 heavy (non-hydrogen) atoms. The highest BCUT2D eigenvalue weighted by molar-refractivity contribution is 6.21. The van der Waals surface area contributed by atoms with Gasteiger partial charge in [-0.15, -0.1) is 0 Å². The van der Waals surface area contributed by atoms with Gasteiger partial charge in [0.05, 0.1) is 23.8 Å². The Morgan fingerprint density at radius 3 is 2.27 bits per heavy atom. The van der Waals surface area contributed by atoms with E-state index in [-0.39, 0.29) is 35.8 Å². The number of amides is 2. The number of fused-ring (bicyclic) bond motifs is 1. The second-order valence-electron chi connectivity index (χ2n) is 5.59. The molecular formula is C19H17NO6. The first-order chi connectivity index (χ1) is 12.5. The molecule has 0 fully saturated rings. The van der Waals surface area contributed by atoms with Gasteiger partial charge in [-0.1, -0.05) is 0 Å². The Morgan fingerprint density at radius 2 is 1.58 bits per heavy atom. The molecule has 1 aliphatic heterocycles. The van der Waals surface area contributed by atoms with Crippen LogP contribution in [0.25, 0.3) is 0 Å². The number of rotatable bonds is 6. The van der Waals surface area contributed by atoms with Gasteiger partial charge in [0, 0.05) is 7.05 Å². The molecule has 0 saturated carbocycles. The van der Waals surface area contributed by atoms with Crippen LogP contribution in [0.3, 0.4) is 0 Å². The van der Waals surface area contributed by atoms with Gasteiger partial charge in [-0.2, -0.15) is 0 Å². The second kappa shape index (κ2) is 7.26. The fraction of sp³-hybridized carbons (Fsp3) is 0.211. The zero-order valence-corrected chi connectivity index (χ0v) is 14.4. The predicted molar refractivity (Wildman–Crippen MR) is 91.6 cm³/mol. The molecule has 0 aromatic heterocycles. The molecule has 7 heteroatoms. The van der Waals surface area contributed by atoms with E-state index in [1.165, 1.54) is 25.2 Å². The lowest BCUT2D eigenvalue weighted by atomic mass is 10.1. The Labute approximate surface area is 150 Å². The van der Waals surface area contributed by atoms with Crippen LogP contribution in [0, 0.1) is 0 Å². The number of hydrogen-bond donors (Lipinski definition) is 0. The average molecular weight is 355 g/mol. The van der Waals surface area contributed by atoms with E-state index >= 15 is 0 Å². The number of esters is 1. The van der Waals surface area contributed by atoms with Crippen LogP contribution in [-0.4, -0.2) is 50.1 Å². The molecule has 1 heterocycles. The molecule has 0 N–H and O–H groups in total. The van der Waals surface area contributed by atoms with Crippen molar-refractivity contribution in [3.8, 4) is 11.5 Å². The van der Waals surface area contributed by atoms with Gasteiger partial charge in [0.1, 0.15) is 24.7 Å². The highest BCUT2D eigenvalue weighted by Gasteiger charge is 2.33. The second-order valence-corrected chi connectivity index (χ2v) is 5.59. The normalized spacial score (nSPS) is 12.8. The fourth-order valence-electron chi connectivity index (χ4n) is 2.54. The van der Waals surface area contributed by atoms with Crippen molar-refractivity contribution < 1.29 is 28.6 Å². The Bertz CT molecular complexity index is 859. The molecule has 0 atom stereocenters. The number of carbonyl (C=O) groups is 3. The minimum absolute atomic E-state index is 0.0503. The average Bonchev–Trinajstić information content (AvgIpc) is 2.89. The summed E-state index contributed by atoms with van der Waals surface area (Å²) in [5.74, 6) is -0.0354. The van der Waals surface area contributed by atoms with Gasteiger partial charge in [-0.3, -0.25) is 14.5 Å². The van der Waals surface area contributed by atoms with E-state index in [2.05, 4.69) is 0 Å². The first kappa shape index (κ1) is 17.5. The van der Waals surface area contributed by atoms with Crippen LogP contribution >= 0.6 is 0 Å². The Hall–Kier alpha value is -3.35. The van der Waals surface area contributed by atoms with Gasteiger partial charge in [0.25, 0.3) is 11.8 Å². The smallest absolute Gasteiger partial charge is 0.338 e. The highest BCUT2D eigenvalue weighted by Crippen LogP contribution is 2.23. The van der Waals surface area contributed by atoms with Gasteiger partial charge in [-0.25, -0.2) is 4.79 Å². The van der Waals surface area contributed by atoms with Crippen LogP contribution in [0.2, 0.25) is 0 Å². The summed E-state index contributed by atoms with van der Waals surface area (Å²) in [5.41, 5.74) is 0.711. The van der Waals surface area contributed by atoms with E-state index in [0.29, 0.717) is 5.75 Å². The lowest BCUT2D eigenvalue weighted by Gasteiger charge is -2.08. The van der Waals surface area contributed by atoms with Crippen LogP contribution in [0.15, 0.2) is 42.5 Å². The largest absolute Gasteiger partial charge is 0.497 e. The molecule has 134 valence electrons. The van der Waals surface area contributed by atoms with Crippen LogP contribution < -0.4 is 9.47 Å². The summed E-state index contributed by atoms with van der Waals surface area (Å²) in [6.45, 7) is 0.234. The molecule has 0 radical (unpaired) electrons. The number of hydrogen-bond acceptors (Lipinski definition) is 6. The zero-order valence-electron chi connectivity index (χ0n) is 14.4. The van der Waals surface area contributed by atoms with E-state index in [1.807, 2.05) is 0 Å². The molecule has 2 amide bonds. The van der Waals surface area contributed by atoms with Gasteiger partial charge in [-0.05, 0) is 42.5 Å². The lowest BCUT2D eigenvalue weighted by Crippen LogP contribution is -2.24. The molecule has 7 nitrogen and oxygen atoms in total. The summed E-state index contributed by atoms with van der Waals surface area (Å²) >= 11 is 0. The lowest BCUT2D eigenvalue weighted by molar-refractivity contribution is 0.0450. The molecule has 0 aliphatic carbocycles. The van der Waals surface area contributed by atoms with Gasteiger partial charge < -0.3 is 14.2 Å². The zero-order chi connectivity index (χ0) is 18.7. The first-order valence-electron chi connectivity index (χ1n) is 7.91. The van der Waals surface area contributed by atoms with Gasteiger partial charge >= 0.3 is 5.97 Å². The molecule has 1 aliphatic rings. The minimum atomic E-state index is -0.582. The molecule has 0 spiro atoms. The maximum atomic E-state index is 12.1. The van der Waals surface area contributed by atoms with E-state index in [0.717, 1.165) is 10.6 Å². The first-order valence-corrected chi connectivity index (χ1v) is 7.91. The van der Waals surface area contributed by atoms with Crippen LogP contribution in [0.1, 0.15) is 31.1 Å². The summed E-state index contributed by atoms with van der Waals surface area (Å²) in [7, 11) is 2.98.